The van der Waals surface area contributed by atoms with Crippen LogP contribution in [0.2, 0.25) is 0 Å². The van der Waals surface area contributed by atoms with E-state index in [9.17, 15) is 8.78 Å². The van der Waals surface area contributed by atoms with Crippen LogP contribution in [0.1, 0.15) is 18.4 Å². The molecule has 0 aromatic heterocycles. The van der Waals surface area contributed by atoms with Crippen LogP contribution in [0.15, 0.2) is 18.2 Å². The van der Waals surface area contributed by atoms with Gasteiger partial charge >= 0.3 is 0 Å². The van der Waals surface area contributed by atoms with Crippen LogP contribution in [0.25, 0.3) is 0 Å². The summed E-state index contributed by atoms with van der Waals surface area (Å²) in [6.07, 6.45) is 1.96. The summed E-state index contributed by atoms with van der Waals surface area (Å²) in [6, 6.07) is 3.93. The summed E-state index contributed by atoms with van der Waals surface area (Å²) in [5, 5.41) is 0. The smallest absolute Gasteiger partial charge is 0.129 e. The van der Waals surface area contributed by atoms with Gasteiger partial charge in [-0.1, -0.05) is 6.07 Å². The van der Waals surface area contributed by atoms with E-state index in [1.807, 2.05) is 0 Å². The van der Waals surface area contributed by atoms with Gasteiger partial charge in [0.1, 0.15) is 11.6 Å². The Labute approximate surface area is 88.7 Å². The van der Waals surface area contributed by atoms with Crippen LogP contribution in [0.3, 0.4) is 0 Å². The van der Waals surface area contributed by atoms with Crippen LogP contribution in [-0.4, -0.2) is 6.54 Å². The van der Waals surface area contributed by atoms with Crippen molar-refractivity contribution in [2.75, 3.05) is 6.54 Å². The molecule has 0 aliphatic rings. The molecule has 14 heavy (non-hydrogen) atoms. The molecule has 0 fully saturated rings. The molecule has 0 radical (unpaired) electrons. The lowest BCUT2D eigenvalue weighted by Crippen LogP contribution is -2.01. The lowest BCUT2D eigenvalue weighted by atomic mass is 10.1. The summed E-state index contributed by atoms with van der Waals surface area (Å²) in [7, 11) is 0. The molecule has 0 unspecified atom stereocenters. The van der Waals surface area contributed by atoms with Gasteiger partial charge in [-0.25, -0.2) is 8.78 Å². The highest BCUT2D eigenvalue weighted by atomic mass is 35.5. The van der Waals surface area contributed by atoms with Gasteiger partial charge < -0.3 is 5.73 Å². The van der Waals surface area contributed by atoms with E-state index in [1.165, 1.54) is 18.2 Å². The van der Waals surface area contributed by atoms with Crippen molar-refractivity contribution in [1.29, 1.82) is 0 Å². The van der Waals surface area contributed by atoms with E-state index >= 15 is 0 Å². The molecule has 0 atom stereocenters. The zero-order valence-electron chi connectivity index (χ0n) is 7.80. The average molecular weight is 222 g/mol. The summed E-state index contributed by atoms with van der Waals surface area (Å²) in [5.41, 5.74) is 5.46. The highest BCUT2D eigenvalue weighted by molar-refractivity contribution is 5.85. The summed E-state index contributed by atoms with van der Waals surface area (Å²) >= 11 is 0. The van der Waals surface area contributed by atoms with Crippen molar-refractivity contribution in [3.8, 4) is 0 Å². The Kier molecular flexibility index (Phi) is 6.41. The van der Waals surface area contributed by atoms with Crippen molar-refractivity contribution in [2.45, 2.75) is 19.3 Å². The molecule has 4 heteroatoms. The molecule has 0 aliphatic carbocycles. The summed E-state index contributed by atoms with van der Waals surface area (Å²) in [4.78, 5) is 0. The first kappa shape index (κ1) is 13.3. The van der Waals surface area contributed by atoms with Crippen LogP contribution >= 0.6 is 12.4 Å². The van der Waals surface area contributed by atoms with Crippen molar-refractivity contribution in [2.24, 2.45) is 5.73 Å². The molecule has 1 rings (SSSR count). The van der Waals surface area contributed by atoms with Gasteiger partial charge in [-0.15, -0.1) is 12.4 Å². The van der Waals surface area contributed by atoms with Gasteiger partial charge in [0.15, 0.2) is 0 Å². The molecule has 0 heterocycles. The topological polar surface area (TPSA) is 26.0 Å². The molecule has 0 amide bonds. The molecule has 2 N–H and O–H groups in total. The van der Waals surface area contributed by atoms with Gasteiger partial charge in [0.2, 0.25) is 0 Å². The number of halogens is 3. The maximum absolute atomic E-state index is 13.0. The monoisotopic (exact) mass is 221 g/mol. The third kappa shape index (κ3) is 3.60. The second-order valence-electron chi connectivity index (χ2n) is 2.95. The molecule has 1 nitrogen and oxygen atoms in total. The molecular formula is C10H14ClF2N. The van der Waals surface area contributed by atoms with Crippen molar-refractivity contribution >= 4 is 12.4 Å². The molecule has 0 saturated carbocycles. The van der Waals surface area contributed by atoms with Crippen LogP contribution in [0.4, 0.5) is 8.78 Å². The molecule has 80 valence electrons. The molecule has 0 bridgehead atoms. The van der Waals surface area contributed by atoms with Gasteiger partial charge in [0.25, 0.3) is 0 Å². The Morgan fingerprint density at radius 2 is 1.64 bits per heavy atom. The molecule has 0 spiro atoms. The van der Waals surface area contributed by atoms with Gasteiger partial charge in [-0.2, -0.15) is 0 Å². The molecule has 0 saturated heterocycles. The minimum atomic E-state index is -0.461. The van der Waals surface area contributed by atoms with Crippen LogP contribution < -0.4 is 5.73 Å². The first-order valence-corrected chi connectivity index (χ1v) is 4.38. The first-order valence-electron chi connectivity index (χ1n) is 4.38. The van der Waals surface area contributed by atoms with E-state index < -0.39 is 11.6 Å². The van der Waals surface area contributed by atoms with Crippen molar-refractivity contribution in [3.63, 3.8) is 0 Å². The summed E-state index contributed by atoms with van der Waals surface area (Å²) in [5.74, 6) is -0.922. The number of nitrogens with two attached hydrogens (primary N) is 1. The number of rotatable bonds is 4. The largest absolute Gasteiger partial charge is 0.330 e. The number of hydrogen-bond acceptors (Lipinski definition) is 1. The predicted octanol–water partition coefficient (Wildman–Crippen LogP) is 2.67. The van der Waals surface area contributed by atoms with Crippen molar-refractivity contribution < 1.29 is 8.78 Å². The normalized spacial score (nSPS) is 9.64. The van der Waals surface area contributed by atoms with Crippen LogP contribution in [0, 0.1) is 11.6 Å². The highest BCUT2D eigenvalue weighted by Crippen LogP contribution is 2.14. The summed E-state index contributed by atoms with van der Waals surface area (Å²) < 4.78 is 26.0. The molecule has 0 aliphatic heterocycles. The fourth-order valence-corrected chi connectivity index (χ4v) is 1.22. The predicted molar refractivity (Wildman–Crippen MR) is 55.6 cm³/mol. The maximum Gasteiger partial charge on any atom is 0.129 e. The number of hydrogen-bond donors (Lipinski definition) is 1. The quantitative estimate of drug-likeness (QED) is 0.778. The van der Waals surface area contributed by atoms with Gasteiger partial charge in [0.05, 0.1) is 0 Å². The average Bonchev–Trinajstić information content (AvgIpc) is 2.10. The van der Waals surface area contributed by atoms with E-state index in [1.54, 1.807) is 0 Å². The third-order valence-corrected chi connectivity index (χ3v) is 1.94. The number of unbranched alkanes of at least 4 members (excludes halogenated alkanes) is 1. The standard InChI is InChI=1S/C10H13F2N.ClH/c11-9-5-3-6-10(12)8(9)4-1-2-7-13;/h3,5-6H,1-2,4,7,13H2;1H. The van der Waals surface area contributed by atoms with Gasteiger partial charge in [-0.3, -0.25) is 0 Å². The number of benzene rings is 1. The SMILES string of the molecule is Cl.NCCCCc1c(F)cccc1F. The van der Waals surface area contributed by atoms with Crippen LogP contribution in [0.5, 0.6) is 0 Å². The van der Waals surface area contributed by atoms with E-state index in [0.717, 1.165) is 12.8 Å². The Morgan fingerprint density at radius 3 is 2.14 bits per heavy atom. The second kappa shape index (κ2) is 6.74. The molecule has 1 aromatic carbocycles. The van der Waals surface area contributed by atoms with E-state index in [-0.39, 0.29) is 18.0 Å². The Bertz CT molecular complexity index is 259. The zero-order valence-corrected chi connectivity index (χ0v) is 8.62. The lowest BCUT2D eigenvalue weighted by molar-refractivity contribution is 0.547. The first-order chi connectivity index (χ1) is 6.25. The minimum absolute atomic E-state index is 0. The van der Waals surface area contributed by atoms with E-state index in [4.69, 9.17) is 5.73 Å². The maximum atomic E-state index is 13.0. The summed E-state index contributed by atoms with van der Waals surface area (Å²) in [6.45, 7) is 0.566. The minimum Gasteiger partial charge on any atom is -0.330 e. The highest BCUT2D eigenvalue weighted by Gasteiger charge is 2.06. The Morgan fingerprint density at radius 1 is 1.07 bits per heavy atom. The van der Waals surface area contributed by atoms with Gasteiger partial charge in [-0.05, 0) is 37.9 Å². The molecular weight excluding hydrogens is 208 g/mol. The van der Waals surface area contributed by atoms with E-state index in [0.29, 0.717) is 13.0 Å². The second-order valence-corrected chi connectivity index (χ2v) is 2.95. The zero-order chi connectivity index (χ0) is 9.68. The molecule has 1 aromatic rings. The fourth-order valence-electron chi connectivity index (χ4n) is 1.22. The van der Waals surface area contributed by atoms with E-state index in [2.05, 4.69) is 0 Å². The van der Waals surface area contributed by atoms with Gasteiger partial charge in [0, 0.05) is 5.56 Å². The van der Waals surface area contributed by atoms with Crippen LogP contribution in [-0.2, 0) is 6.42 Å². The lowest BCUT2D eigenvalue weighted by Gasteiger charge is -2.03. The fraction of sp³-hybridized carbons (Fsp3) is 0.400. The van der Waals surface area contributed by atoms with Crippen molar-refractivity contribution in [3.05, 3.63) is 35.4 Å². The Balaban J connectivity index is 0.00000169. The van der Waals surface area contributed by atoms with Crippen molar-refractivity contribution in [1.82, 2.24) is 0 Å². The Hall–Kier alpha value is -0.670. The third-order valence-electron chi connectivity index (χ3n) is 1.94.